The van der Waals surface area contributed by atoms with Gasteiger partial charge in [-0.1, -0.05) is 17.8 Å². The van der Waals surface area contributed by atoms with Crippen molar-refractivity contribution in [2.45, 2.75) is 25.5 Å². The maximum absolute atomic E-state index is 12.8. The van der Waals surface area contributed by atoms with E-state index in [4.69, 9.17) is 9.47 Å². The Bertz CT molecular complexity index is 930. The number of rotatable bonds is 8. The lowest BCUT2D eigenvalue weighted by molar-refractivity contribution is -0.128. The van der Waals surface area contributed by atoms with Crippen molar-refractivity contribution in [3.8, 4) is 11.5 Å². The van der Waals surface area contributed by atoms with Crippen LogP contribution in [0.5, 0.6) is 11.5 Å². The average Bonchev–Trinajstić information content (AvgIpc) is 3.03. The molecule has 1 aliphatic rings. The van der Waals surface area contributed by atoms with Gasteiger partial charge in [-0.05, 0) is 50.2 Å². The fraction of sp³-hybridized carbons (Fsp3) is 0.318. The minimum Gasteiger partial charge on any atom is -0.497 e. The molecule has 30 heavy (non-hydrogen) atoms. The zero-order chi connectivity index (χ0) is 21.5. The zero-order valence-corrected chi connectivity index (χ0v) is 18.1. The Balaban J connectivity index is 1.66. The topological polar surface area (TPSA) is 80.2 Å². The molecule has 7 nitrogen and oxygen atoms in total. The van der Waals surface area contributed by atoms with Crippen LogP contribution in [0.1, 0.15) is 20.3 Å². The summed E-state index contributed by atoms with van der Waals surface area (Å²) < 4.78 is 10.6. The van der Waals surface area contributed by atoms with Gasteiger partial charge in [-0.3, -0.25) is 14.5 Å². The predicted octanol–water partition coefficient (Wildman–Crippen LogP) is 4.07. The molecule has 1 atom stereocenters. The van der Waals surface area contributed by atoms with Crippen LogP contribution in [0.4, 0.5) is 11.4 Å². The molecule has 1 saturated heterocycles. The molecule has 0 aromatic heterocycles. The van der Waals surface area contributed by atoms with E-state index in [0.29, 0.717) is 35.4 Å². The fourth-order valence-corrected chi connectivity index (χ4v) is 4.21. The molecule has 1 N–H and O–H groups in total. The molecule has 3 rings (SSSR count). The van der Waals surface area contributed by atoms with Crippen LogP contribution < -0.4 is 14.8 Å². The van der Waals surface area contributed by atoms with E-state index in [1.807, 2.05) is 32.0 Å². The van der Waals surface area contributed by atoms with Crippen LogP contribution in [-0.4, -0.2) is 47.4 Å². The van der Waals surface area contributed by atoms with E-state index < -0.39 is 5.25 Å². The molecule has 0 aliphatic carbocycles. The van der Waals surface area contributed by atoms with Gasteiger partial charge in [0, 0.05) is 24.7 Å². The van der Waals surface area contributed by atoms with E-state index in [-0.39, 0.29) is 18.2 Å². The average molecular weight is 428 g/mol. The number of carbonyl (C=O) groups excluding carboxylic acids is 2. The Morgan fingerprint density at radius 1 is 1.17 bits per heavy atom. The monoisotopic (exact) mass is 427 g/mol. The first kappa shape index (κ1) is 21.7. The zero-order valence-electron chi connectivity index (χ0n) is 17.3. The number of carbonyl (C=O) groups is 2. The summed E-state index contributed by atoms with van der Waals surface area (Å²) in [4.78, 5) is 31.5. The molecule has 8 heteroatoms. The molecule has 0 spiro atoms. The minimum atomic E-state index is -0.503. The first-order chi connectivity index (χ1) is 14.5. The number of aliphatic imine (C=N–C) groups is 1. The lowest BCUT2D eigenvalue weighted by atomic mass is 10.2. The van der Waals surface area contributed by atoms with Crippen LogP contribution in [0.2, 0.25) is 0 Å². The van der Waals surface area contributed by atoms with Crippen molar-refractivity contribution in [2.75, 3.05) is 25.6 Å². The van der Waals surface area contributed by atoms with E-state index in [0.717, 1.165) is 5.75 Å². The number of nitrogens with one attached hydrogen (secondary N) is 1. The van der Waals surface area contributed by atoms with Gasteiger partial charge in [-0.15, -0.1) is 0 Å². The van der Waals surface area contributed by atoms with Crippen LogP contribution in [0.25, 0.3) is 0 Å². The third kappa shape index (κ3) is 5.33. The highest BCUT2D eigenvalue weighted by Gasteiger charge is 2.38. The second kappa shape index (κ2) is 10.2. The van der Waals surface area contributed by atoms with Gasteiger partial charge in [0.2, 0.25) is 11.8 Å². The highest BCUT2D eigenvalue weighted by Crippen LogP contribution is 2.32. The molecule has 1 fully saturated rings. The van der Waals surface area contributed by atoms with Crippen LogP contribution in [0, 0.1) is 0 Å². The number of nitrogens with zero attached hydrogens (tertiary/aromatic N) is 2. The summed E-state index contributed by atoms with van der Waals surface area (Å²) in [6.07, 6.45) is 0.0738. The summed E-state index contributed by atoms with van der Waals surface area (Å²) in [5.74, 6) is 1.11. The lowest BCUT2D eigenvalue weighted by Crippen LogP contribution is -2.33. The number of ether oxygens (including phenoxy) is 2. The number of amidine groups is 1. The number of thioether (sulfide) groups is 1. The maximum atomic E-state index is 12.8. The lowest BCUT2D eigenvalue weighted by Gasteiger charge is -2.13. The van der Waals surface area contributed by atoms with Crippen LogP contribution in [-0.2, 0) is 9.59 Å². The summed E-state index contributed by atoms with van der Waals surface area (Å²) in [6, 6.07) is 14.5. The Labute approximate surface area is 180 Å². The number of hydrogen-bond acceptors (Lipinski definition) is 6. The van der Waals surface area contributed by atoms with Gasteiger partial charge < -0.3 is 14.8 Å². The largest absolute Gasteiger partial charge is 0.497 e. The van der Waals surface area contributed by atoms with Gasteiger partial charge in [-0.2, -0.15) is 0 Å². The van der Waals surface area contributed by atoms with Gasteiger partial charge in [0.1, 0.15) is 16.7 Å². The van der Waals surface area contributed by atoms with E-state index in [2.05, 4.69) is 10.3 Å². The third-order valence-electron chi connectivity index (χ3n) is 4.43. The summed E-state index contributed by atoms with van der Waals surface area (Å²) >= 11 is 1.31. The van der Waals surface area contributed by atoms with Crippen LogP contribution >= 0.6 is 11.8 Å². The molecule has 0 bridgehead atoms. The molecule has 2 aromatic rings. The summed E-state index contributed by atoms with van der Waals surface area (Å²) in [5.41, 5.74) is 1.36. The highest BCUT2D eigenvalue weighted by atomic mass is 32.2. The summed E-state index contributed by atoms with van der Waals surface area (Å²) in [7, 11) is 1.59. The van der Waals surface area contributed by atoms with E-state index in [9.17, 15) is 9.59 Å². The standard InChI is InChI=1S/C22H25N3O4S/c1-4-25-21(27)19(30-22(25)24-16-7-6-8-18(13-16)28-3)14-20(26)23-15-9-11-17(12-10-15)29-5-2/h6-13,19H,4-5,14H2,1-3H3,(H,23,26)/t19-/m0/s1. The predicted molar refractivity (Wildman–Crippen MR) is 120 cm³/mol. The summed E-state index contributed by atoms with van der Waals surface area (Å²) in [5, 5.41) is 2.93. The van der Waals surface area contributed by atoms with E-state index in [1.54, 1.807) is 42.3 Å². The number of amides is 2. The van der Waals surface area contributed by atoms with Crippen molar-refractivity contribution >= 4 is 40.1 Å². The van der Waals surface area contributed by atoms with E-state index in [1.165, 1.54) is 11.8 Å². The number of anilines is 1. The van der Waals surface area contributed by atoms with Crippen molar-refractivity contribution < 1.29 is 19.1 Å². The van der Waals surface area contributed by atoms with Crippen molar-refractivity contribution in [2.24, 2.45) is 4.99 Å². The molecule has 0 unspecified atom stereocenters. The maximum Gasteiger partial charge on any atom is 0.242 e. The number of benzene rings is 2. The fourth-order valence-electron chi connectivity index (χ4n) is 2.99. The molecule has 0 saturated carbocycles. The molecule has 2 amide bonds. The summed E-state index contributed by atoms with van der Waals surface area (Å²) in [6.45, 7) is 4.88. The molecule has 158 valence electrons. The third-order valence-corrected chi connectivity index (χ3v) is 5.61. The first-order valence-corrected chi connectivity index (χ1v) is 10.7. The normalized spacial score (nSPS) is 17.3. The van der Waals surface area contributed by atoms with Crippen molar-refractivity contribution in [1.29, 1.82) is 0 Å². The van der Waals surface area contributed by atoms with E-state index >= 15 is 0 Å². The van der Waals surface area contributed by atoms with Gasteiger partial charge in [0.05, 0.1) is 19.4 Å². The quantitative estimate of drug-likeness (QED) is 0.687. The van der Waals surface area contributed by atoms with Gasteiger partial charge >= 0.3 is 0 Å². The highest BCUT2D eigenvalue weighted by molar-refractivity contribution is 8.15. The van der Waals surface area contributed by atoms with Crippen LogP contribution in [0.15, 0.2) is 53.5 Å². The van der Waals surface area contributed by atoms with Crippen molar-refractivity contribution in [1.82, 2.24) is 4.90 Å². The molecular formula is C22H25N3O4S. The molecule has 0 radical (unpaired) electrons. The van der Waals surface area contributed by atoms with Gasteiger partial charge in [0.25, 0.3) is 0 Å². The van der Waals surface area contributed by atoms with Crippen molar-refractivity contribution in [3.05, 3.63) is 48.5 Å². The Hall–Kier alpha value is -3.00. The Morgan fingerprint density at radius 2 is 1.93 bits per heavy atom. The van der Waals surface area contributed by atoms with Crippen LogP contribution in [0.3, 0.4) is 0 Å². The minimum absolute atomic E-state index is 0.0738. The van der Waals surface area contributed by atoms with Crippen molar-refractivity contribution in [3.63, 3.8) is 0 Å². The second-order valence-corrected chi connectivity index (χ2v) is 7.66. The van der Waals surface area contributed by atoms with Gasteiger partial charge in [0.15, 0.2) is 5.17 Å². The number of methoxy groups -OCH3 is 1. The molecular weight excluding hydrogens is 402 g/mol. The Kier molecular flexibility index (Phi) is 7.35. The number of hydrogen-bond donors (Lipinski definition) is 1. The smallest absolute Gasteiger partial charge is 0.242 e. The SMILES string of the molecule is CCOc1ccc(NC(=O)C[C@@H]2SC(=Nc3cccc(OC)c3)N(CC)C2=O)cc1. The van der Waals surface area contributed by atoms with Gasteiger partial charge in [-0.25, -0.2) is 4.99 Å². The molecule has 1 heterocycles. The molecule has 1 aliphatic heterocycles. The molecule has 2 aromatic carbocycles. The first-order valence-electron chi connectivity index (χ1n) is 9.77. The Morgan fingerprint density at radius 3 is 2.60 bits per heavy atom. The second-order valence-electron chi connectivity index (χ2n) is 6.49.